The van der Waals surface area contributed by atoms with Crippen LogP contribution in [0.4, 0.5) is 4.79 Å². The summed E-state index contributed by atoms with van der Waals surface area (Å²) in [7, 11) is 0. The number of halogens is 1. The van der Waals surface area contributed by atoms with E-state index >= 15 is 0 Å². The molecular weight excluding hydrogens is 304 g/mol. The first-order valence-corrected chi connectivity index (χ1v) is 7.77. The zero-order chi connectivity index (χ0) is 16.4. The summed E-state index contributed by atoms with van der Waals surface area (Å²) in [5.41, 5.74) is 1.06. The van der Waals surface area contributed by atoms with E-state index in [2.05, 4.69) is 10.6 Å². The minimum Gasteiger partial charge on any atom is -0.449 e. The van der Waals surface area contributed by atoms with Crippen LogP contribution in [0.2, 0.25) is 5.02 Å². The Bertz CT molecular complexity index is 475. The molecule has 1 aromatic rings. The first kappa shape index (κ1) is 18.3. The first-order chi connectivity index (χ1) is 10.5. The van der Waals surface area contributed by atoms with Gasteiger partial charge in [0.2, 0.25) is 5.91 Å². The molecule has 0 heterocycles. The van der Waals surface area contributed by atoms with Crippen LogP contribution in [0.15, 0.2) is 24.3 Å². The average molecular weight is 327 g/mol. The maximum atomic E-state index is 11.7. The lowest BCUT2D eigenvalue weighted by molar-refractivity contribution is -0.121. The summed E-state index contributed by atoms with van der Waals surface area (Å²) in [5.74, 6) is 0.255. The number of amides is 2. The first-order valence-electron chi connectivity index (χ1n) is 7.39. The highest BCUT2D eigenvalue weighted by Crippen LogP contribution is 2.10. The van der Waals surface area contributed by atoms with Crippen molar-refractivity contribution in [3.63, 3.8) is 0 Å². The largest absolute Gasteiger partial charge is 0.449 e. The van der Waals surface area contributed by atoms with E-state index in [-0.39, 0.29) is 5.91 Å². The fraction of sp³-hybridized carbons (Fsp3) is 0.500. The second kappa shape index (κ2) is 10.1. The summed E-state index contributed by atoms with van der Waals surface area (Å²) >= 11 is 5.80. The average Bonchev–Trinajstić information content (AvgIpc) is 2.49. The number of nitrogens with one attached hydrogen (secondary N) is 2. The number of ether oxygens (including phenoxy) is 1. The zero-order valence-electron chi connectivity index (χ0n) is 13.0. The molecule has 0 spiro atoms. The van der Waals surface area contributed by atoms with E-state index in [1.165, 1.54) is 0 Å². The summed E-state index contributed by atoms with van der Waals surface area (Å²) < 4.78 is 4.95. The number of alkyl carbamates (subject to hydrolysis) is 1. The lowest BCUT2D eigenvalue weighted by Crippen LogP contribution is -2.35. The van der Waals surface area contributed by atoms with Crippen LogP contribution < -0.4 is 10.6 Å². The minimum atomic E-state index is -0.455. The van der Waals surface area contributed by atoms with E-state index in [1.807, 2.05) is 38.1 Å². The lowest BCUT2D eigenvalue weighted by atomic mass is 10.1. The molecule has 6 heteroatoms. The third-order valence-corrected chi connectivity index (χ3v) is 3.07. The van der Waals surface area contributed by atoms with Crippen molar-refractivity contribution in [2.24, 2.45) is 5.92 Å². The van der Waals surface area contributed by atoms with Gasteiger partial charge in [-0.1, -0.05) is 37.6 Å². The molecule has 1 rings (SSSR count). The molecule has 1 aromatic carbocycles. The van der Waals surface area contributed by atoms with Gasteiger partial charge in [0, 0.05) is 24.5 Å². The van der Waals surface area contributed by atoms with Crippen LogP contribution in [0.3, 0.4) is 0 Å². The van der Waals surface area contributed by atoms with Crippen LogP contribution in [0.1, 0.15) is 25.8 Å². The highest BCUT2D eigenvalue weighted by Gasteiger charge is 2.04. The molecule has 0 unspecified atom stereocenters. The van der Waals surface area contributed by atoms with Crippen molar-refractivity contribution in [3.8, 4) is 0 Å². The number of hydrogen-bond donors (Lipinski definition) is 2. The predicted molar refractivity (Wildman–Crippen MR) is 87.0 cm³/mol. The van der Waals surface area contributed by atoms with Crippen molar-refractivity contribution in [1.29, 1.82) is 0 Å². The molecule has 0 saturated carbocycles. The molecule has 2 amide bonds. The van der Waals surface area contributed by atoms with Crippen molar-refractivity contribution in [2.45, 2.75) is 26.7 Å². The number of benzene rings is 1. The molecule has 0 radical (unpaired) electrons. The Morgan fingerprint density at radius 3 is 2.41 bits per heavy atom. The van der Waals surface area contributed by atoms with Crippen molar-refractivity contribution in [3.05, 3.63) is 34.9 Å². The number of rotatable bonds is 8. The van der Waals surface area contributed by atoms with Crippen LogP contribution >= 0.6 is 11.6 Å². The van der Waals surface area contributed by atoms with Gasteiger partial charge in [0.1, 0.15) is 0 Å². The van der Waals surface area contributed by atoms with Crippen LogP contribution in [0, 0.1) is 5.92 Å². The zero-order valence-corrected chi connectivity index (χ0v) is 13.8. The van der Waals surface area contributed by atoms with E-state index in [0.717, 1.165) is 5.56 Å². The van der Waals surface area contributed by atoms with Gasteiger partial charge in [-0.05, 0) is 30.0 Å². The number of hydrogen-bond acceptors (Lipinski definition) is 3. The summed E-state index contributed by atoms with van der Waals surface area (Å²) in [6.07, 6.45) is 0.607. The Morgan fingerprint density at radius 2 is 1.77 bits per heavy atom. The van der Waals surface area contributed by atoms with Crippen molar-refractivity contribution in [2.75, 3.05) is 19.7 Å². The van der Waals surface area contributed by atoms with Gasteiger partial charge in [0.25, 0.3) is 0 Å². The molecule has 0 atom stereocenters. The number of carbonyl (C=O) groups excluding carboxylic acids is 2. The molecule has 0 saturated heterocycles. The molecule has 0 aliphatic heterocycles. The fourth-order valence-electron chi connectivity index (χ4n) is 1.66. The van der Waals surface area contributed by atoms with E-state index in [9.17, 15) is 9.59 Å². The molecule has 0 fully saturated rings. The second-order valence-electron chi connectivity index (χ2n) is 5.40. The highest BCUT2D eigenvalue weighted by atomic mass is 35.5. The molecule has 122 valence electrons. The van der Waals surface area contributed by atoms with E-state index in [0.29, 0.717) is 43.5 Å². The van der Waals surface area contributed by atoms with Crippen LogP contribution in [0.25, 0.3) is 0 Å². The Balaban J connectivity index is 2.08. The normalized spacial score (nSPS) is 10.4. The van der Waals surface area contributed by atoms with E-state index < -0.39 is 6.09 Å². The SMILES string of the molecule is CC(C)COC(=O)NCCNC(=O)CCc1ccc(Cl)cc1. The Hall–Kier alpha value is -1.75. The Labute approximate surface area is 136 Å². The van der Waals surface area contributed by atoms with Gasteiger partial charge >= 0.3 is 6.09 Å². The molecule has 0 aliphatic carbocycles. The molecule has 22 heavy (non-hydrogen) atoms. The quantitative estimate of drug-likeness (QED) is 0.722. The minimum absolute atomic E-state index is 0.0488. The van der Waals surface area contributed by atoms with Gasteiger partial charge in [-0.3, -0.25) is 4.79 Å². The lowest BCUT2D eigenvalue weighted by Gasteiger charge is -2.09. The maximum absolute atomic E-state index is 11.7. The summed E-state index contributed by atoms with van der Waals surface area (Å²) in [5, 5.41) is 6.02. The summed E-state index contributed by atoms with van der Waals surface area (Å²) in [6, 6.07) is 7.42. The Morgan fingerprint density at radius 1 is 1.14 bits per heavy atom. The predicted octanol–water partition coefficient (Wildman–Crippen LogP) is 2.77. The maximum Gasteiger partial charge on any atom is 0.407 e. The van der Waals surface area contributed by atoms with Crippen LogP contribution in [-0.4, -0.2) is 31.7 Å². The van der Waals surface area contributed by atoms with Crippen LogP contribution in [0.5, 0.6) is 0 Å². The second-order valence-corrected chi connectivity index (χ2v) is 5.83. The van der Waals surface area contributed by atoms with Gasteiger partial charge < -0.3 is 15.4 Å². The third kappa shape index (κ3) is 8.52. The van der Waals surface area contributed by atoms with Gasteiger partial charge in [-0.2, -0.15) is 0 Å². The van der Waals surface area contributed by atoms with Gasteiger partial charge in [-0.15, -0.1) is 0 Å². The van der Waals surface area contributed by atoms with Crippen LogP contribution in [-0.2, 0) is 16.0 Å². The monoisotopic (exact) mass is 326 g/mol. The van der Waals surface area contributed by atoms with Gasteiger partial charge in [0.15, 0.2) is 0 Å². The van der Waals surface area contributed by atoms with Gasteiger partial charge in [0.05, 0.1) is 6.61 Å². The van der Waals surface area contributed by atoms with E-state index in [4.69, 9.17) is 16.3 Å². The summed E-state index contributed by atoms with van der Waals surface area (Å²) in [6.45, 7) is 5.06. The van der Waals surface area contributed by atoms with Crippen molar-refractivity contribution < 1.29 is 14.3 Å². The molecule has 0 aromatic heterocycles. The van der Waals surface area contributed by atoms with Crippen molar-refractivity contribution in [1.82, 2.24) is 10.6 Å². The number of aryl methyl sites for hydroxylation is 1. The Kier molecular flexibility index (Phi) is 8.36. The molecule has 0 bridgehead atoms. The summed E-state index contributed by atoms with van der Waals surface area (Å²) in [4.78, 5) is 22.9. The molecule has 0 aliphatic rings. The van der Waals surface area contributed by atoms with E-state index in [1.54, 1.807) is 0 Å². The number of carbonyl (C=O) groups is 2. The third-order valence-electron chi connectivity index (χ3n) is 2.82. The molecule has 5 nitrogen and oxygen atoms in total. The standard InChI is InChI=1S/C16H23ClN2O3/c1-12(2)11-22-16(21)19-10-9-18-15(20)8-5-13-3-6-14(17)7-4-13/h3-4,6-7,12H,5,8-11H2,1-2H3,(H,18,20)(H,19,21). The smallest absolute Gasteiger partial charge is 0.407 e. The topological polar surface area (TPSA) is 67.4 Å². The highest BCUT2D eigenvalue weighted by molar-refractivity contribution is 6.30. The fourth-order valence-corrected chi connectivity index (χ4v) is 1.78. The van der Waals surface area contributed by atoms with Crippen molar-refractivity contribution >= 4 is 23.6 Å². The molecule has 2 N–H and O–H groups in total. The molecular formula is C16H23ClN2O3. The van der Waals surface area contributed by atoms with Gasteiger partial charge in [-0.25, -0.2) is 4.79 Å².